The van der Waals surface area contributed by atoms with Crippen molar-refractivity contribution in [2.75, 3.05) is 5.73 Å². The second kappa shape index (κ2) is 5.29. The van der Waals surface area contributed by atoms with Gasteiger partial charge in [-0.2, -0.15) is 5.10 Å². The van der Waals surface area contributed by atoms with E-state index in [1.54, 1.807) is 10.9 Å². The Balaban J connectivity index is 2.12. The Kier molecular flexibility index (Phi) is 3.47. The number of para-hydroxylation sites is 1. The van der Waals surface area contributed by atoms with E-state index in [-0.39, 0.29) is 0 Å². The predicted molar refractivity (Wildman–Crippen MR) is 81.0 cm³/mol. The number of benzene rings is 2. The van der Waals surface area contributed by atoms with Crippen LogP contribution in [0.15, 0.2) is 53.1 Å². The topological polar surface area (TPSA) is 43.8 Å². The second-order valence-electron chi connectivity index (χ2n) is 4.49. The minimum absolute atomic E-state index is 0.302. The van der Waals surface area contributed by atoms with Gasteiger partial charge in [0.05, 0.1) is 17.6 Å². The van der Waals surface area contributed by atoms with Gasteiger partial charge in [0.2, 0.25) is 0 Å². The molecule has 0 spiro atoms. The summed E-state index contributed by atoms with van der Waals surface area (Å²) >= 11 is 3.42. The number of nitrogens with zero attached hydrogens (tertiary/aromatic N) is 2. The molecule has 0 atom stereocenters. The third-order valence-corrected chi connectivity index (χ3v) is 3.65. The summed E-state index contributed by atoms with van der Waals surface area (Å²) < 4.78 is 29.0. The summed E-state index contributed by atoms with van der Waals surface area (Å²) in [6.45, 7) is 0. The SMILES string of the molecule is Nc1cn(-c2ccccc2Br)nc1-c1cc(F)cc(F)c1. The molecule has 6 heteroatoms. The van der Waals surface area contributed by atoms with E-state index in [9.17, 15) is 8.78 Å². The first kappa shape index (κ1) is 13.8. The fourth-order valence-electron chi connectivity index (χ4n) is 2.06. The van der Waals surface area contributed by atoms with Crippen LogP contribution in [0.25, 0.3) is 16.9 Å². The number of rotatable bonds is 2. The van der Waals surface area contributed by atoms with Crippen molar-refractivity contribution in [3.05, 3.63) is 64.8 Å². The molecule has 0 saturated carbocycles. The van der Waals surface area contributed by atoms with Gasteiger partial charge in [-0.15, -0.1) is 0 Å². The van der Waals surface area contributed by atoms with Crippen LogP contribution in [-0.2, 0) is 0 Å². The second-order valence-corrected chi connectivity index (χ2v) is 5.34. The van der Waals surface area contributed by atoms with Gasteiger partial charge in [0.1, 0.15) is 17.3 Å². The Morgan fingerprint density at radius 3 is 2.38 bits per heavy atom. The van der Waals surface area contributed by atoms with E-state index in [2.05, 4.69) is 21.0 Å². The minimum atomic E-state index is -0.667. The fraction of sp³-hybridized carbons (Fsp3) is 0. The number of hydrogen-bond donors (Lipinski definition) is 1. The normalized spacial score (nSPS) is 10.8. The summed E-state index contributed by atoms with van der Waals surface area (Å²) in [5, 5.41) is 4.32. The van der Waals surface area contributed by atoms with Crippen molar-refractivity contribution in [2.45, 2.75) is 0 Å². The molecule has 0 fully saturated rings. The minimum Gasteiger partial charge on any atom is -0.396 e. The summed E-state index contributed by atoms with van der Waals surface area (Å²) in [4.78, 5) is 0. The summed E-state index contributed by atoms with van der Waals surface area (Å²) in [6, 6.07) is 10.7. The molecule has 1 heterocycles. The highest BCUT2D eigenvalue weighted by molar-refractivity contribution is 9.10. The molecule has 3 aromatic rings. The first-order chi connectivity index (χ1) is 10.0. The van der Waals surface area contributed by atoms with Crippen LogP contribution in [0.4, 0.5) is 14.5 Å². The quantitative estimate of drug-likeness (QED) is 0.754. The fourth-order valence-corrected chi connectivity index (χ4v) is 2.53. The van der Waals surface area contributed by atoms with Crippen molar-refractivity contribution in [1.29, 1.82) is 0 Å². The van der Waals surface area contributed by atoms with Crippen molar-refractivity contribution in [3.63, 3.8) is 0 Å². The van der Waals surface area contributed by atoms with Crippen LogP contribution in [0, 0.1) is 11.6 Å². The molecule has 3 nitrogen and oxygen atoms in total. The summed E-state index contributed by atoms with van der Waals surface area (Å²) in [5.74, 6) is -1.33. The van der Waals surface area contributed by atoms with Gasteiger partial charge in [-0.1, -0.05) is 12.1 Å². The third-order valence-electron chi connectivity index (χ3n) is 2.98. The molecule has 21 heavy (non-hydrogen) atoms. The van der Waals surface area contributed by atoms with Gasteiger partial charge in [-0.05, 0) is 40.2 Å². The lowest BCUT2D eigenvalue weighted by molar-refractivity contribution is 0.584. The van der Waals surface area contributed by atoms with Crippen LogP contribution in [0.3, 0.4) is 0 Å². The molecule has 2 N–H and O–H groups in total. The predicted octanol–water partition coefficient (Wildman–Crippen LogP) is 4.16. The van der Waals surface area contributed by atoms with Crippen LogP contribution in [0.2, 0.25) is 0 Å². The zero-order valence-electron chi connectivity index (χ0n) is 10.7. The largest absolute Gasteiger partial charge is 0.396 e. The van der Waals surface area contributed by atoms with Crippen LogP contribution in [-0.4, -0.2) is 9.78 Å². The summed E-state index contributed by atoms with van der Waals surface area (Å²) in [7, 11) is 0. The number of nitrogens with two attached hydrogens (primary N) is 1. The number of anilines is 1. The highest BCUT2D eigenvalue weighted by Crippen LogP contribution is 2.28. The first-order valence-electron chi connectivity index (χ1n) is 6.11. The lowest BCUT2D eigenvalue weighted by Gasteiger charge is -2.03. The van der Waals surface area contributed by atoms with Gasteiger partial charge in [-0.3, -0.25) is 0 Å². The molecule has 2 aromatic carbocycles. The molecule has 0 radical (unpaired) electrons. The zero-order chi connectivity index (χ0) is 15.0. The van der Waals surface area contributed by atoms with E-state index in [0.29, 0.717) is 16.9 Å². The van der Waals surface area contributed by atoms with Crippen LogP contribution in [0.5, 0.6) is 0 Å². The summed E-state index contributed by atoms with van der Waals surface area (Å²) in [5.41, 5.74) is 7.68. The molecule has 106 valence electrons. The van der Waals surface area contributed by atoms with E-state index in [1.807, 2.05) is 24.3 Å². The van der Waals surface area contributed by atoms with E-state index in [1.165, 1.54) is 12.1 Å². The number of hydrogen-bond acceptors (Lipinski definition) is 2. The molecular weight excluding hydrogens is 340 g/mol. The molecule has 0 aliphatic carbocycles. The maximum Gasteiger partial charge on any atom is 0.126 e. The third kappa shape index (κ3) is 2.67. The Hall–Kier alpha value is -2.21. The maximum absolute atomic E-state index is 13.3. The molecule has 0 aliphatic heterocycles. The van der Waals surface area contributed by atoms with Crippen molar-refractivity contribution < 1.29 is 8.78 Å². The van der Waals surface area contributed by atoms with Gasteiger partial charge in [-0.25, -0.2) is 13.5 Å². The lowest BCUT2D eigenvalue weighted by Crippen LogP contribution is -1.96. The Labute approximate surface area is 128 Å². The van der Waals surface area contributed by atoms with E-state index in [0.717, 1.165) is 16.2 Å². The van der Waals surface area contributed by atoms with Crippen LogP contribution in [0.1, 0.15) is 0 Å². The van der Waals surface area contributed by atoms with E-state index < -0.39 is 11.6 Å². The number of halogens is 3. The standard InChI is InChI=1S/C15H10BrF2N3/c16-12-3-1-2-4-14(12)21-8-13(19)15(20-21)9-5-10(17)7-11(18)6-9/h1-8H,19H2. The highest BCUT2D eigenvalue weighted by atomic mass is 79.9. The molecular formula is C15H10BrF2N3. The first-order valence-corrected chi connectivity index (χ1v) is 6.90. The monoisotopic (exact) mass is 349 g/mol. The molecule has 0 aliphatic rings. The van der Waals surface area contributed by atoms with Gasteiger partial charge < -0.3 is 5.73 Å². The van der Waals surface area contributed by atoms with Gasteiger partial charge in [0.25, 0.3) is 0 Å². The Bertz CT molecular complexity index is 794. The smallest absolute Gasteiger partial charge is 0.126 e. The molecule has 0 amide bonds. The van der Waals surface area contributed by atoms with Crippen molar-refractivity contribution in [3.8, 4) is 16.9 Å². The average Bonchev–Trinajstić information content (AvgIpc) is 2.80. The van der Waals surface area contributed by atoms with E-state index >= 15 is 0 Å². The van der Waals surface area contributed by atoms with Gasteiger partial charge in [0, 0.05) is 16.1 Å². The van der Waals surface area contributed by atoms with Crippen molar-refractivity contribution in [1.82, 2.24) is 9.78 Å². The van der Waals surface area contributed by atoms with E-state index in [4.69, 9.17) is 5.73 Å². The molecule has 0 unspecified atom stereocenters. The average molecular weight is 350 g/mol. The zero-order valence-corrected chi connectivity index (χ0v) is 12.3. The molecule has 3 rings (SSSR count). The molecule has 1 aromatic heterocycles. The van der Waals surface area contributed by atoms with Gasteiger partial charge >= 0.3 is 0 Å². The Morgan fingerprint density at radius 2 is 1.71 bits per heavy atom. The van der Waals surface area contributed by atoms with Crippen molar-refractivity contribution in [2.24, 2.45) is 0 Å². The molecule has 0 bridgehead atoms. The maximum atomic E-state index is 13.3. The number of aromatic nitrogens is 2. The highest BCUT2D eigenvalue weighted by Gasteiger charge is 2.13. The molecule has 0 saturated heterocycles. The lowest BCUT2D eigenvalue weighted by atomic mass is 10.1. The van der Waals surface area contributed by atoms with Crippen molar-refractivity contribution >= 4 is 21.6 Å². The number of nitrogen functional groups attached to an aromatic ring is 1. The van der Waals surface area contributed by atoms with Gasteiger partial charge in [0.15, 0.2) is 0 Å². The van der Waals surface area contributed by atoms with Crippen LogP contribution < -0.4 is 5.73 Å². The van der Waals surface area contributed by atoms with Crippen LogP contribution >= 0.6 is 15.9 Å². The summed E-state index contributed by atoms with van der Waals surface area (Å²) in [6.07, 6.45) is 1.61. The Morgan fingerprint density at radius 1 is 1.05 bits per heavy atom.